The maximum atomic E-state index is 2.33. The van der Waals surface area contributed by atoms with E-state index in [9.17, 15) is 0 Å². The minimum Gasteiger partial charge on any atom is -0.344 e. The average Bonchev–Trinajstić information content (AvgIpc) is 1.64. The van der Waals surface area contributed by atoms with Gasteiger partial charge >= 0.3 is 0 Å². The summed E-state index contributed by atoms with van der Waals surface area (Å²) in [5, 5.41) is 0. The van der Waals surface area contributed by atoms with Gasteiger partial charge in [0.1, 0.15) is 0 Å². The molecular formula is C9H26N2. The van der Waals surface area contributed by atoms with E-state index in [2.05, 4.69) is 41.5 Å². The minimum absolute atomic E-state index is 0. The second-order valence-corrected chi connectivity index (χ2v) is 4.49. The molecular weight excluding hydrogens is 136 g/mol. The van der Waals surface area contributed by atoms with Crippen molar-refractivity contribution in [1.82, 2.24) is 12.3 Å². The molecule has 0 radical (unpaired) electrons. The maximum absolute atomic E-state index is 2.33. The lowest BCUT2D eigenvalue weighted by atomic mass is 9.68. The zero-order chi connectivity index (χ0) is 7.71. The zero-order valence-electron chi connectivity index (χ0n) is 9.12. The van der Waals surface area contributed by atoms with Gasteiger partial charge in [-0.25, -0.2) is 0 Å². The van der Waals surface area contributed by atoms with Crippen LogP contribution in [0, 0.1) is 10.8 Å². The molecule has 72 valence electrons. The summed E-state index contributed by atoms with van der Waals surface area (Å²) in [4.78, 5) is 0. The lowest BCUT2D eigenvalue weighted by Crippen LogP contribution is -2.28. The van der Waals surface area contributed by atoms with Crippen LogP contribution in [0.25, 0.3) is 0 Å². The van der Waals surface area contributed by atoms with Crippen LogP contribution in [0.15, 0.2) is 0 Å². The fraction of sp³-hybridized carbons (Fsp3) is 1.00. The van der Waals surface area contributed by atoms with Gasteiger partial charge in [-0.3, -0.25) is 0 Å². The van der Waals surface area contributed by atoms with Gasteiger partial charge in [-0.1, -0.05) is 48.0 Å². The summed E-state index contributed by atoms with van der Waals surface area (Å²) >= 11 is 0. The molecule has 0 spiro atoms. The topological polar surface area (TPSA) is 70.0 Å². The van der Waals surface area contributed by atoms with E-state index in [1.807, 2.05) is 0 Å². The zero-order valence-corrected chi connectivity index (χ0v) is 9.12. The Hall–Kier alpha value is -0.0800. The Kier molecular flexibility index (Phi) is 7.36. The van der Waals surface area contributed by atoms with E-state index in [-0.39, 0.29) is 12.3 Å². The van der Waals surface area contributed by atoms with Crippen LogP contribution < -0.4 is 12.3 Å². The van der Waals surface area contributed by atoms with Crippen molar-refractivity contribution >= 4 is 0 Å². The largest absolute Gasteiger partial charge is 0.344 e. The van der Waals surface area contributed by atoms with Gasteiger partial charge in [-0.2, -0.15) is 0 Å². The molecule has 0 aliphatic rings. The van der Waals surface area contributed by atoms with E-state index in [1.165, 1.54) is 6.42 Å². The smallest absolute Gasteiger partial charge is 0.0308 e. The summed E-state index contributed by atoms with van der Waals surface area (Å²) < 4.78 is 0. The van der Waals surface area contributed by atoms with Gasteiger partial charge in [0, 0.05) is 0 Å². The molecule has 2 heteroatoms. The Morgan fingerprint density at radius 3 is 1.09 bits per heavy atom. The highest BCUT2D eigenvalue weighted by Crippen LogP contribution is 2.40. The summed E-state index contributed by atoms with van der Waals surface area (Å²) in [6.07, 6.45) is 1.26. The standard InChI is InChI=1S/C9H20.2H3N/c1-7-9(5,6)8(2,3)4;;/h7H2,1-6H3;2*1H3. The van der Waals surface area contributed by atoms with Crippen LogP contribution in [0.5, 0.6) is 0 Å². The Labute approximate surface area is 71.9 Å². The summed E-state index contributed by atoms with van der Waals surface area (Å²) in [6.45, 7) is 13.8. The Morgan fingerprint density at radius 1 is 0.818 bits per heavy atom. The lowest BCUT2D eigenvalue weighted by molar-refractivity contribution is 0.126. The SMILES string of the molecule is CCC(C)(C)C(C)(C)C.N.N. The average molecular weight is 162 g/mol. The predicted octanol–water partition coefficient (Wildman–Crippen LogP) is 3.79. The number of hydrogen-bond acceptors (Lipinski definition) is 2. The van der Waals surface area contributed by atoms with Gasteiger partial charge in [-0.05, 0) is 10.8 Å². The fourth-order valence-electron chi connectivity index (χ4n) is 0.530. The van der Waals surface area contributed by atoms with E-state index >= 15 is 0 Å². The van der Waals surface area contributed by atoms with Gasteiger partial charge in [0.15, 0.2) is 0 Å². The number of rotatable bonds is 1. The molecule has 0 unspecified atom stereocenters. The highest BCUT2D eigenvalue weighted by Gasteiger charge is 2.30. The van der Waals surface area contributed by atoms with Crippen molar-refractivity contribution in [3.63, 3.8) is 0 Å². The van der Waals surface area contributed by atoms with Crippen molar-refractivity contribution < 1.29 is 0 Å². The van der Waals surface area contributed by atoms with Crippen LogP contribution in [-0.2, 0) is 0 Å². The van der Waals surface area contributed by atoms with Gasteiger partial charge in [0.25, 0.3) is 0 Å². The third kappa shape index (κ3) is 4.38. The monoisotopic (exact) mass is 162 g/mol. The molecule has 0 saturated heterocycles. The van der Waals surface area contributed by atoms with E-state index in [0.29, 0.717) is 10.8 Å². The van der Waals surface area contributed by atoms with Crippen LogP contribution in [0.1, 0.15) is 48.0 Å². The van der Waals surface area contributed by atoms with Gasteiger partial charge in [0.2, 0.25) is 0 Å². The van der Waals surface area contributed by atoms with E-state index in [4.69, 9.17) is 0 Å². The Bertz CT molecular complexity index is 90.2. The van der Waals surface area contributed by atoms with Crippen molar-refractivity contribution in [2.45, 2.75) is 48.0 Å². The van der Waals surface area contributed by atoms with Crippen LogP contribution >= 0.6 is 0 Å². The van der Waals surface area contributed by atoms with E-state index in [1.54, 1.807) is 0 Å². The molecule has 0 aromatic heterocycles. The third-order valence-electron chi connectivity index (χ3n) is 2.91. The van der Waals surface area contributed by atoms with Crippen LogP contribution in [-0.4, -0.2) is 0 Å². The fourth-order valence-corrected chi connectivity index (χ4v) is 0.530. The van der Waals surface area contributed by atoms with Crippen LogP contribution in [0.3, 0.4) is 0 Å². The molecule has 11 heavy (non-hydrogen) atoms. The summed E-state index contributed by atoms with van der Waals surface area (Å²) in [6, 6.07) is 0. The molecule has 0 aromatic carbocycles. The molecule has 0 bridgehead atoms. The van der Waals surface area contributed by atoms with E-state index in [0.717, 1.165) is 0 Å². The van der Waals surface area contributed by atoms with E-state index < -0.39 is 0 Å². The molecule has 0 rings (SSSR count). The normalized spacial score (nSPS) is 11.5. The molecule has 0 saturated carbocycles. The molecule has 0 fully saturated rings. The van der Waals surface area contributed by atoms with Gasteiger partial charge in [0.05, 0.1) is 0 Å². The Balaban J connectivity index is -0.000000320. The van der Waals surface area contributed by atoms with Crippen LogP contribution in [0.4, 0.5) is 0 Å². The molecule has 0 atom stereocenters. The molecule has 0 amide bonds. The highest BCUT2D eigenvalue weighted by molar-refractivity contribution is 4.80. The predicted molar refractivity (Wildman–Crippen MR) is 53.6 cm³/mol. The quantitative estimate of drug-likeness (QED) is 0.615. The first-order chi connectivity index (χ1) is 3.81. The molecule has 0 heterocycles. The highest BCUT2D eigenvalue weighted by atomic mass is 14.3. The molecule has 6 N–H and O–H groups in total. The first kappa shape index (κ1) is 17.1. The van der Waals surface area contributed by atoms with Crippen molar-refractivity contribution in [3.05, 3.63) is 0 Å². The second-order valence-electron chi connectivity index (χ2n) is 4.49. The minimum atomic E-state index is 0. The van der Waals surface area contributed by atoms with Crippen molar-refractivity contribution in [3.8, 4) is 0 Å². The Morgan fingerprint density at radius 2 is 1.09 bits per heavy atom. The molecule has 2 nitrogen and oxygen atoms in total. The molecule has 0 aliphatic carbocycles. The third-order valence-corrected chi connectivity index (χ3v) is 2.91. The van der Waals surface area contributed by atoms with Crippen LogP contribution in [0.2, 0.25) is 0 Å². The first-order valence-electron chi connectivity index (χ1n) is 3.81. The van der Waals surface area contributed by atoms with Crippen molar-refractivity contribution in [2.75, 3.05) is 0 Å². The molecule has 0 aliphatic heterocycles. The van der Waals surface area contributed by atoms with Crippen molar-refractivity contribution in [1.29, 1.82) is 0 Å². The van der Waals surface area contributed by atoms with Crippen molar-refractivity contribution in [2.24, 2.45) is 10.8 Å². The lowest BCUT2D eigenvalue weighted by Gasteiger charge is -2.37. The van der Waals surface area contributed by atoms with Gasteiger partial charge < -0.3 is 12.3 Å². The maximum Gasteiger partial charge on any atom is -0.0308 e. The summed E-state index contributed by atoms with van der Waals surface area (Å²) in [7, 11) is 0. The van der Waals surface area contributed by atoms with Gasteiger partial charge in [-0.15, -0.1) is 0 Å². The summed E-state index contributed by atoms with van der Waals surface area (Å²) in [5.74, 6) is 0. The second kappa shape index (κ2) is 4.73. The first-order valence-corrected chi connectivity index (χ1v) is 3.81. The molecule has 0 aromatic rings. The number of hydrogen-bond donors (Lipinski definition) is 2. The summed E-state index contributed by atoms with van der Waals surface area (Å²) in [5.41, 5.74) is 0.925.